The van der Waals surface area contributed by atoms with E-state index >= 15 is 0 Å². The van der Waals surface area contributed by atoms with E-state index in [0.29, 0.717) is 25.1 Å². The van der Waals surface area contributed by atoms with Gasteiger partial charge in [-0.2, -0.15) is 0 Å². The first-order valence-corrected chi connectivity index (χ1v) is 10.7. The Balaban J connectivity index is 1.58. The van der Waals surface area contributed by atoms with Gasteiger partial charge < -0.3 is 14.7 Å². The van der Waals surface area contributed by atoms with Crippen LogP contribution in [0.1, 0.15) is 57.6 Å². The van der Waals surface area contributed by atoms with Crippen LogP contribution >= 0.6 is 0 Å². The van der Waals surface area contributed by atoms with Crippen molar-refractivity contribution in [3.05, 3.63) is 42.2 Å². The molecule has 1 saturated heterocycles. The van der Waals surface area contributed by atoms with E-state index in [1.807, 2.05) is 36.4 Å². The lowest BCUT2D eigenvalue weighted by atomic mass is 9.87. The van der Waals surface area contributed by atoms with Crippen LogP contribution in [-0.2, 0) is 16.0 Å². The Morgan fingerprint density at radius 1 is 1.17 bits per heavy atom. The molecule has 29 heavy (non-hydrogen) atoms. The summed E-state index contributed by atoms with van der Waals surface area (Å²) in [5.41, 5.74) is 0.824. The fraction of sp³-hybridized carbons (Fsp3) is 0.522. The Morgan fingerprint density at radius 2 is 1.93 bits per heavy atom. The summed E-state index contributed by atoms with van der Waals surface area (Å²) in [6, 6.07) is 11.9. The first-order valence-electron chi connectivity index (χ1n) is 10.7. The maximum absolute atomic E-state index is 13.5. The van der Waals surface area contributed by atoms with Crippen molar-refractivity contribution in [1.29, 1.82) is 0 Å². The third kappa shape index (κ3) is 4.07. The zero-order chi connectivity index (χ0) is 20.3. The lowest BCUT2D eigenvalue weighted by Crippen LogP contribution is -2.60. The zero-order valence-corrected chi connectivity index (χ0v) is 17.0. The standard InChI is InChI=1S/C23H29N3O3/c1-17(27)26-14-8-13-23(26,22(28)24-19-11-6-3-7-12-19)16-20-15-21(25-29-20)18-9-4-2-5-10-18/h2,4-5,9-10,15,19H,3,6-8,11-14,16H2,1H3,(H,24,28)/t23-/m0/s1. The number of aromatic nitrogens is 1. The molecule has 1 saturated carbocycles. The Labute approximate surface area is 171 Å². The number of nitrogens with one attached hydrogen (secondary N) is 1. The second kappa shape index (κ2) is 8.39. The zero-order valence-electron chi connectivity index (χ0n) is 17.0. The van der Waals surface area contributed by atoms with Gasteiger partial charge in [-0.05, 0) is 25.7 Å². The van der Waals surface area contributed by atoms with E-state index in [9.17, 15) is 9.59 Å². The van der Waals surface area contributed by atoms with E-state index < -0.39 is 5.54 Å². The number of likely N-dealkylation sites (tertiary alicyclic amines) is 1. The molecule has 4 rings (SSSR count). The minimum atomic E-state index is -0.892. The van der Waals surface area contributed by atoms with Crippen LogP contribution in [0.5, 0.6) is 0 Å². The van der Waals surface area contributed by atoms with Crippen molar-refractivity contribution in [1.82, 2.24) is 15.4 Å². The molecule has 2 aromatic rings. The number of hydrogen-bond donors (Lipinski definition) is 1. The summed E-state index contributed by atoms with van der Waals surface area (Å²) in [4.78, 5) is 27.6. The molecule has 1 aromatic carbocycles. The minimum absolute atomic E-state index is 0.0465. The number of hydrogen-bond acceptors (Lipinski definition) is 4. The first kappa shape index (κ1) is 19.7. The largest absolute Gasteiger partial charge is 0.361 e. The van der Waals surface area contributed by atoms with Gasteiger partial charge in [0.1, 0.15) is 17.0 Å². The van der Waals surface area contributed by atoms with Crippen LogP contribution in [0.2, 0.25) is 0 Å². The molecule has 1 aromatic heterocycles. The fourth-order valence-corrected chi connectivity index (χ4v) is 4.83. The summed E-state index contributed by atoms with van der Waals surface area (Å²) >= 11 is 0. The quantitative estimate of drug-likeness (QED) is 0.837. The van der Waals surface area contributed by atoms with Gasteiger partial charge in [0.25, 0.3) is 0 Å². The highest BCUT2D eigenvalue weighted by Crippen LogP contribution is 2.35. The predicted octanol–water partition coefficient (Wildman–Crippen LogP) is 3.71. The summed E-state index contributed by atoms with van der Waals surface area (Å²) in [5, 5.41) is 7.44. The van der Waals surface area contributed by atoms with Crippen molar-refractivity contribution in [2.24, 2.45) is 0 Å². The van der Waals surface area contributed by atoms with Crippen molar-refractivity contribution in [3.8, 4) is 11.3 Å². The molecule has 2 heterocycles. The lowest BCUT2D eigenvalue weighted by molar-refractivity contribution is -0.144. The summed E-state index contributed by atoms with van der Waals surface area (Å²) in [5.74, 6) is 0.523. The van der Waals surface area contributed by atoms with E-state index in [1.165, 1.54) is 6.42 Å². The van der Waals surface area contributed by atoms with Crippen LogP contribution in [0.3, 0.4) is 0 Å². The van der Waals surface area contributed by atoms with Gasteiger partial charge in [0.15, 0.2) is 0 Å². The molecule has 6 nitrogen and oxygen atoms in total. The Kier molecular flexibility index (Phi) is 5.69. The van der Waals surface area contributed by atoms with Gasteiger partial charge in [-0.25, -0.2) is 0 Å². The molecule has 2 amide bonds. The van der Waals surface area contributed by atoms with Gasteiger partial charge in [0.05, 0.1) is 0 Å². The van der Waals surface area contributed by atoms with Gasteiger partial charge in [-0.3, -0.25) is 9.59 Å². The van der Waals surface area contributed by atoms with E-state index in [1.54, 1.807) is 11.8 Å². The number of carbonyl (C=O) groups excluding carboxylic acids is 2. The second-order valence-corrected chi connectivity index (χ2v) is 8.34. The van der Waals surface area contributed by atoms with Gasteiger partial charge in [-0.15, -0.1) is 0 Å². The summed E-state index contributed by atoms with van der Waals surface area (Å²) in [6.45, 7) is 2.15. The third-order valence-electron chi connectivity index (χ3n) is 6.33. The predicted molar refractivity (Wildman–Crippen MR) is 110 cm³/mol. The Hall–Kier alpha value is -2.63. The normalized spacial score (nSPS) is 22.6. The van der Waals surface area contributed by atoms with Gasteiger partial charge in [-0.1, -0.05) is 54.8 Å². The molecular weight excluding hydrogens is 366 g/mol. The average molecular weight is 396 g/mol. The molecule has 0 unspecified atom stereocenters. The SMILES string of the molecule is CC(=O)N1CCC[C@]1(Cc1cc(-c2ccccc2)no1)C(=O)NC1CCCCC1. The smallest absolute Gasteiger partial charge is 0.246 e. The molecule has 2 fully saturated rings. The van der Waals surface area contributed by atoms with Gasteiger partial charge in [0.2, 0.25) is 11.8 Å². The lowest BCUT2D eigenvalue weighted by Gasteiger charge is -2.37. The average Bonchev–Trinajstić information content (AvgIpc) is 3.38. The highest BCUT2D eigenvalue weighted by Gasteiger charge is 2.50. The van der Waals surface area contributed by atoms with E-state index in [2.05, 4.69) is 10.5 Å². The van der Waals surface area contributed by atoms with Gasteiger partial charge >= 0.3 is 0 Å². The summed E-state index contributed by atoms with van der Waals surface area (Å²) < 4.78 is 5.61. The highest BCUT2D eigenvalue weighted by atomic mass is 16.5. The third-order valence-corrected chi connectivity index (χ3v) is 6.33. The maximum Gasteiger partial charge on any atom is 0.246 e. The number of benzene rings is 1. The molecule has 2 aliphatic rings. The topological polar surface area (TPSA) is 75.4 Å². The van der Waals surface area contributed by atoms with E-state index in [-0.39, 0.29) is 17.9 Å². The molecule has 0 spiro atoms. The molecule has 0 radical (unpaired) electrons. The van der Waals surface area contributed by atoms with Crippen LogP contribution in [0.4, 0.5) is 0 Å². The van der Waals surface area contributed by atoms with Crippen LogP contribution < -0.4 is 5.32 Å². The Bertz CT molecular complexity index is 857. The fourth-order valence-electron chi connectivity index (χ4n) is 4.83. The number of amides is 2. The molecular formula is C23H29N3O3. The highest BCUT2D eigenvalue weighted by molar-refractivity contribution is 5.92. The van der Waals surface area contributed by atoms with Crippen LogP contribution in [0.15, 0.2) is 40.9 Å². The maximum atomic E-state index is 13.5. The van der Waals surface area contributed by atoms with Crippen molar-refractivity contribution < 1.29 is 14.1 Å². The summed E-state index contributed by atoms with van der Waals surface area (Å²) in [7, 11) is 0. The van der Waals surface area contributed by atoms with Crippen LogP contribution in [-0.4, -0.2) is 40.0 Å². The minimum Gasteiger partial charge on any atom is -0.361 e. The molecule has 1 aliphatic heterocycles. The molecule has 6 heteroatoms. The molecule has 1 aliphatic carbocycles. The Morgan fingerprint density at radius 3 is 2.66 bits per heavy atom. The first-order chi connectivity index (χ1) is 14.1. The van der Waals surface area contributed by atoms with Crippen LogP contribution in [0, 0.1) is 0 Å². The molecule has 1 atom stereocenters. The van der Waals surface area contributed by atoms with Crippen molar-refractivity contribution in [2.75, 3.05) is 6.54 Å². The molecule has 154 valence electrons. The van der Waals surface area contributed by atoms with E-state index in [0.717, 1.165) is 43.4 Å². The molecule has 1 N–H and O–H groups in total. The van der Waals surface area contributed by atoms with Crippen molar-refractivity contribution in [2.45, 2.75) is 69.9 Å². The summed E-state index contributed by atoms with van der Waals surface area (Å²) in [6.07, 6.45) is 7.38. The monoisotopic (exact) mass is 395 g/mol. The van der Waals surface area contributed by atoms with Crippen molar-refractivity contribution in [3.63, 3.8) is 0 Å². The van der Waals surface area contributed by atoms with Gasteiger partial charge in [0, 0.05) is 37.6 Å². The van der Waals surface area contributed by atoms with Crippen LogP contribution in [0.25, 0.3) is 11.3 Å². The van der Waals surface area contributed by atoms with Crippen molar-refractivity contribution >= 4 is 11.8 Å². The molecule has 0 bridgehead atoms. The number of rotatable bonds is 5. The number of nitrogens with zero attached hydrogens (tertiary/aromatic N) is 2. The van der Waals surface area contributed by atoms with E-state index in [4.69, 9.17) is 4.52 Å². The number of carbonyl (C=O) groups is 2. The second-order valence-electron chi connectivity index (χ2n) is 8.34.